The van der Waals surface area contributed by atoms with Crippen molar-refractivity contribution in [3.8, 4) is 0 Å². The number of carbonyl (C=O) groups is 1. The highest BCUT2D eigenvalue weighted by Gasteiger charge is 2.41. The zero-order chi connectivity index (χ0) is 27.6. The van der Waals surface area contributed by atoms with Crippen LogP contribution in [0.4, 0.5) is 0 Å². The van der Waals surface area contributed by atoms with Crippen molar-refractivity contribution in [2.45, 2.75) is 60.3 Å². The summed E-state index contributed by atoms with van der Waals surface area (Å²) in [7, 11) is 0. The van der Waals surface area contributed by atoms with Crippen LogP contribution in [0.3, 0.4) is 0 Å². The molecular weight excluding hydrogens is 484 g/mol. The molecular formula is C33H34N4O2. The number of allylic oxidation sites excluding steroid dienone is 12. The summed E-state index contributed by atoms with van der Waals surface area (Å²) in [4.78, 5) is 26.5. The summed E-state index contributed by atoms with van der Waals surface area (Å²) >= 11 is 0. The van der Waals surface area contributed by atoms with Gasteiger partial charge in [0.05, 0.1) is 34.2 Å². The summed E-state index contributed by atoms with van der Waals surface area (Å²) in [5, 5.41) is 14.8. The Balaban J connectivity index is 1.63. The van der Waals surface area contributed by atoms with Gasteiger partial charge in [0, 0.05) is 52.8 Å². The summed E-state index contributed by atoms with van der Waals surface area (Å²) in [6.45, 7) is 14.7. The molecule has 6 aliphatic rings. The van der Waals surface area contributed by atoms with Gasteiger partial charge in [-0.1, -0.05) is 26.5 Å². The number of aliphatic hydroxyl groups excluding tert-OH is 1. The highest BCUT2D eigenvalue weighted by Crippen LogP contribution is 2.46. The van der Waals surface area contributed by atoms with Crippen LogP contribution in [-0.4, -0.2) is 28.5 Å². The molecule has 1 fully saturated rings. The quantitative estimate of drug-likeness (QED) is 0.392. The van der Waals surface area contributed by atoms with Crippen molar-refractivity contribution in [1.29, 1.82) is 0 Å². The SMILES string of the molecule is C=CC1=C(C)C2=NC1=CC1=NC(=CC3=C(C)C4=C(O)CC(=C5NC(=C2)[C@@H](C)[C@@H]5CCC=O)C4=N3)C(CC)=C1C. The number of carbonyl (C=O) groups excluding carboxylic acids is 1. The van der Waals surface area contributed by atoms with E-state index in [1.54, 1.807) is 0 Å². The first-order valence-electron chi connectivity index (χ1n) is 13.8. The first-order chi connectivity index (χ1) is 18.8. The zero-order valence-electron chi connectivity index (χ0n) is 23.3. The van der Waals surface area contributed by atoms with Gasteiger partial charge in [-0.2, -0.15) is 0 Å². The zero-order valence-corrected chi connectivity index (χ0v) is 23.3. The minimum Gasteiger partial charge on any atom is -0.511 e. The van der Waals surface area contributed by atoms with Crippen molar-refractivity contribution in [2.75, 3.05) is 0 Å². The van der Waals surface area contributed by atoms with Crippen LogP contribution >= 0.6 is 0 Å². The average molecular weight is 519 g/mol. The lowest BCUT2D eigenvalue weighted by atomic mass is 9.86. The monoisotopic (exact) mass is 518 g/mol. The Morgan fingerprint density at radius 1 is 1.05 bits per heavy atom. The van der Waals surface area contributed by atoms with Gasteiger partial charge in [0.1, 0.15) is 12.0 Å². The Morgan fingerprint density at radius 2 is 1.79 bits per heavy atom. The maximum Gasteiger partial charge on any atom is 0.120 e. The Labute approximate surface area is 229 Å². The van der Waals surface area contributed by atoms with Crippen LogP contribution in [0.1, 0.15) is 60.3 Å². The van der Waals surface area contributed by atoms with E-state index in [1.165, 1.54) is 5.57 Å². The molecule has 0 aromatic carbocycles. The molecule has 198 valence electrons. The summed E-state index contributed by atoms with van der Waals surface area (Å²) in [6, 6.07) is 0. The number of aliphatic hydroxyl groups is 1. The minimum absolute atomic E-state index is 0.115. The van der Waals surface area contributed by atoms with Crippen LogP contribution in [0.25, 0.3) is 0 Å². The van der Waals surface area contributed by atoms with Crippen molar-refractivity contribution in [3.63, 3.8) is 0 Å². The van der Waals surface area contributed by atoms with Crippen molar-refractivity contribution in [3.05, 3.63) is 104 Å². The summed E-state index contributed by atoms with van der Waals surface area (Å²) in [6.07, 6.45) is 11.6. The van der Waals surface area contributed by atoms with Gasteiger partial charge in [-0.3, -0.25) is 0 Å². The Kier molecular flexibility index (Phi) is 6.01. The van der Waals surface area contributed by atoms with E-state index in [9.17, 15) is 9.90 Å². The van der Waals surface area contributed by atoms with Crippen molar-refractivity contribution in [2.24, 2.45) is 26.8 Å². The predicted molar refractivity (Wildman–Crippen MR) is 158 cm³/mol. The molecule has 8 bridgehead atoms. The smallest absolute Gasteiger partial charge is 0.120 e. The van der Waals surface area contributed by atoms with Crippen LogP contribution < -0.4 is 5.32 Å². The number of hydrogen-bond donors (Lipinski definition) is 2. The molecule has 2 atom stereocenters. The van der Waals surface area contributed by atoms with Gasteiger partial charge in [-0.15, -0.1) is 0 Å². The van der Waals surface area contributed by atoms with Crippen LogP contribution in [0.5, 0.6) is 0 Å². The molecule has 0 unspecified atom stereocenters. The second-order valence-corrected chi connectivity index (χ2v) is 11.0. The molecule has 39 heavy (non-hydrogen) atoms. The lowest BCUT2D eigenvalue weighted by molar-refractivity contribution is -0.108. The van der Waals surface area contributed by atoms with E-state index in [4.69, 9.17) is 15.0 Å². The van der Waals surface area contributed by atoms with Gasteiger partial charge in [0.25, 0.3) is 0 Å². The molecule has 5 heterocycles. The van der Waals surface area contributed by atoms with Crippen LogP contribution in [0.15, 0.2) is 119 Å². The number of rotatable bonds is 5. The van der Waals surface area contributed by atoms with E-state index in [0.29, 0.717) is 18.6 Å². The fraction of sp³-hybridized carbons (Fsp3) is 0.333. The van der Waals surface area contributed by atoms with E-state index in [1.807, 2.05) is 13.0 Å². The third-order valence-electron chi connectivity index (χ3n) is 8.90. The third kappa shape index (κ3) is 3.76. The fourth-order valence-electron chi connectivity index (χ4n) is 6.63. The maximum absolute atomic E-state index is 11.4. The van der Waals surface area contributed by atoms with Gasteiger partial charge in [-0.05, 0) is 74.1 Å². The lowest BCUT2D eigenvalue weighted by Gasteiger charge is -2.16. The molecule has 6 rings (SSSR count). The molecule has 0 aromatic rings. The molecule has 5 aliphatic heterocycles. The Morgan fingerprint density at radius 3 is 2.51 bits per heavy atom. The van der Waals surface area contributed by atoms with Gasteiger partial charge in [-0.25, -0.2) is 15.0 Å². The number of aldehydes is 1. The molecule has 0 amide bonds. The molecule has 6 heteroatoms. The van der Waals surface area contributed by atoms with Crippen molar-refractivity contribution >= 4 is 23.4 Å². The first-order valence-corrected chi connectivity index (χ1v) is 13.8. The van der Waals surface area contributed by atoms with Crippen LogP contribution in [-0.2, 0) is 4.79 Å². The van der Waals surface area contributed by atoms with Crippen molar-refractivity contribution in [1.82, 2.24) is 5.32 Å². The van der Waals surface area contributed by atoms with E-state index in [-0.39, 0.29) is 11.8 Å². The summed E-state index contributed by atoms with van der Waals surface area (Å²) in [5.41, 5.74) is 14.6. The number of hydrogen-bond acceptors (Lipinski definition) is 6. The predicted octanol–water partition coefficient (Wildman–Crippen LogP) is 6.82. The molecule has 1 saturated heterocycles. The van der Waals surface area contributed by atoms with E-state index < -0.39 is 0 Å². The average Bonchev–Trinajstić information content (AvgIpc) is 3.65. The largest absolute Gasteiger partial charge is 0.511 e. The Hall–Kier alpha value is -4.06. The maximum atomic E-state index is 11.4. The summed E-state index contributed by atoms with van der Waals surface area (Å²) in [5.74, 6) is 0.619. The number of aliphatic imine (C=N–C) groups is 3. The molecule has 0 aromatic heterocycles. The van der Waals surface area contributed by atoms with Gasteiger partial charge >= 0.3 is 0 Å². The number of nitrogens with zero attached hydrogens (tertiary/aromatic N) is 3. The van der Waals surface area contributed by atoms with Gasteiger partial charge in [0.2, 0.25) is 0 Å². The molecule has 2 N–H and O–H groups in total. The second kappa shape index (κ2) is 9.30. The van der Waals surface area contributed by atoms with E-state index in [2.05, 4.69) is 57.8 Å². The topological polar surface area (TPSA) is 86.4 Å². The first kappa shape index (κ1) is 25.2. The van der Waals surface area contributed by atoms with E-state index in [0.717, 1.165) is 98.2 Å². The second-order valence-electron chi connectivity index (χ2n) is 11.0. The molecule has 0 radical (unpaired) electrons. The van der Waals surface area contributed by atoms with Crippen LogP contribution in [0, 0.1) is 11.8 Å². The fourth-order valence-corrected chi connectivity index (χ4v) is 6.63. The molecule has 0 spiro atoms. The Bertz CT molecular complexity index is 1610. The highest BCUT2D eigenvalue weighted by atomic mass is 16.3. The number of nitrogens with one attached hydrogen (secondary N) is 1. The third-order valence-corrected chi connectivity index (χ3v) is 8.90. The highest BCUT2D eigenvalue weighted by molar-refractivity contribution is 6.21. The molecule has 6 nitrogen and oxygen atoms in total. The minimum atomic E-state index is 0.115. The molecule has 1 aliphatic carbocycles. The van der Waals surface area contributed by atoms with E-state index >= 15 is 0 Å². The standard InChI is InChI=1S/C33H34N4O2/c1-7-20-16(3)24-13-26-18(5)22(10-9-11-38)32(36-26)23-12-30(39)31-19(6)27(37-33(23)31)15-29-21(8-2)17(4)25(35-29)14-28(20)34-24/h7,11,13-15,18,22,36,39H,1,8-10,12H2,2-6H3/t18-,22-/m0/s1. The number of fused-ring (bicyclic) bond motifs is 5. The molecule has 0 saturated carbocycles. The lowest BCUT2D eigenvalue weighted by Crippen LogP contribution is -2.14. The van der Waals surface area contributed by atoms with Crippen molar-refractivity contribution < 1.29 is 9.90 Å². The van der Waals surface area contributed by atoms with Crippen LogP contribution in [0.2, 0.25) is 0 Å². The van der Waals surface area contributed by atoms with Gasteiger partial charge in [0.15, 0.2) is 0 Å². The normalized spacial score (nSPS) is 25.7. The summed E-state index contributed by atoms with van der Waals surface area (Å²) < 4.78 is 0. The van der Waals surface area contributed by atoms with Gasteiger partial charge < -0.3 is 15.2 Å².